The van der Waals surface area contributed by atoms with E-state index in [1.807, 2.05) is 0 Å². The number of para-hydroxylation sites is 2. The summed E-state index contributed by atoms with van der Waals surface area (Å²) in [6.07, 6.45) is 0. The van der Waals surface area contributed by atoms with E-state index < -0.39 is 0 Å². The monoisotopic (exact) mass is 728 g/mol. The fraction of sp³-hybridized carbons (Fsp3) is 0.0545. The van der Waals surface area contributed by atoms with E-state index in [-0.39, 0.29) is 5.41 Å². The fourth-order valence-electron chi connectivity index (χ4n) is 9.26. The highest BCUT2D eigenvalue weighted by atomic mass is 15.1. The van der Waals surface area contributed by atoms with E-state index in [1.165, 1.54) is 77.1 Å². The van der Waals surface area contributed by atoms with Crippen molar-refractivity contribution in [3.05, 3.63) is 217 Å². The molecule has 0 N–H and O–H groups in total. The average Bonchev–Trinajstić information content (AvgIpc) is 3.71. The Hall–Kier alpha value is -7.16. The summed E-state index contributed by atoms with van der Waals surface area (Å²) in [5.41, 5.74) is 17.2. The van der Waals surface area contributed by atoms with Crippen molar-refractivity contribution in [2.45, 2.75) is 19.3 Å². The SMILES string of the molecule is CC1(C)c2ccccc2-c2cc3c4ccccc4n(-c4cccc(-c5ccc(N(c6ccccc6)c6ccc(-c7ccc8ccccc8c7)cc6)cc5)c4)c3cc21. The molecule has 1 aromatic heterocycles. The summed E-state index contributed by atoms with van der Waals surface area (Å²) in [7, 11) is 0. The summed E-state index contributed by atoms with van der Waals surface area (Å²) in [6, 6.07) is 75.5. The molecule has 2 heteroatoms. The van der Waals surface area contributed by atoms with Crippen molar-refractivity contribution in [3.8, 4) is 39.1 Å². The molecule has 0 radical (unpaired) electrons. The number of anilines is 3. The van der Waals surface area contributed by atoms with Crippen LogP contribution in [0.5, 0.6) is 0 Å². The number of hydrogen-bond donors (Lipinski definition) is 0. The highest BCUT2D eigenvalue weighted by Gasteiger charge is 2.36. The Morgan fingerprint density at radius 2 is 0.982 bits per heavy atom. The summed E-state index contributed by atoms with van der Waals surface area (Å²) >= 11 is 0. The van der Waals surface area contributed by atoms with Crippen LogP contribution in [0.25, 0.3) is 71.6 Å². The van der Waals surface area contributed by atoms with Gasteiger partial charge >= 0.3 is 0 Å². The second-order valence-corrected chi connectivity index (χ2v) is 15.8. The van der Waals surface area contributed by atoms with Gasteiger partial charge in [0, 0.05) is 38.9 Å². The molecule has 0 fully saturated rings. The van der Waals surface area contributed by atoms with Gasteiger partial charge in [0.2, 0.25) is 0 Å². The predicted molar refractivity (Wildman–Crippen MR) is 241 cm³/mol. The Morgan fingerprint density at radius 1 is 0.368 bits per heavy atom. The molecule has 0 bridgehead atoms. The lowest BCUT2D eigenvalue weighted by Crippen LogP contribution is -2.14. The maximum absolute atomic E-state index is 2.46. The molecule has 0 spiro atoms. The number of nitrogens with zero attached hydrogens (tertiary/aromatic N) is 2. The van der Waals surface area contributed by atoms with Crippen molar-refractivity contribution in [3.63, 3.8) is 0 Å². The second kappa shape index (κ2) is 13.0. The summed E-state index contributed by atoms with van der Waals surface area (Å²) in [5.74, 6) is 0. The minimum atomic E-state index is -0.0715. The fourth-order valence-corrected chi connectivity index (χ4v) is 9.26. The zero-order valence-corrected chi connectivity index (χ0v) is 32.0. The van der Waals surface area contributed by atoms with Crippen molar-refractivity contribution >= 4 is 49.6 Å². The minimum absolute atomic E-state index is 0.0715. The number of hydrogen-bond acceptors (Lipinski definition) is 1. The van der Waals surface area contributed by atoms with E-state index in [0.29, 0.717) is 0 Å². The molecule has 0 saturated carbocycles. The zero-order chi connectivity index (χ0) is 38.1. The molecule has 2 nitrogen and oxygen atoms in total. The highest BCUT2D eigenvalue weighted by molar-refractivity contribution is 6.11. The molecule has 1 heterocycles. The first-order chi connectivity index (χ1) is 28.0. The van der Waals surface area contributed by atoms with Gasteiger partial charge < -0.3 is 9.47 Å². The van der Waals surface area contributed by atoms with Crippen LogP contribution in [0.2, 0.25) is 0 Å². The summed E-state index contributed by atoms with van der Waals surface area (Å²) in [5, 5.41) is 5.08. The number of benzene rings is 9. The van der Waals surface area contributed by atoms with E-state index in [4.69, 9.17) is 0 Å². The van der Waals surface area contributed by atoms with Gasteiger partial charge in [-0.3, -0.25) is 0 Å². The molecule has 0 unspecified atom stereocenters. The molecule has 270 valence electrons. The molecule has 0 saturated heterocycles. The third kappa shape index (κ3) is 5.40. The largest absolute Gasteiger partial charge is 0.311 e. The van der Waals surface area contributed by atoms with Crippen LogP contribution in [0.3, 0.4) is 0 Å². The van der Waals surface area contributed by atoms with Gasteiger partial charge in [-0.05, 0) is 128 Å². The Kier molecular flexibility index (Phi) is 7.55. The average molecular weight is 729 g/mol. The van der Waals surface area contributed by atoms with E-state index in [0.717, 1.165) is 22.7 Å². The molecule has 11 rings (SSSR count). The van der Waals surface area contributed by atoms with Crippen LogP contribution < -0.4 is 4.90 Å². The van der Waals surface area contributed by atoms with Crippen LogP contribution in [0.1, 0.15) is 25.0 Å². The quantitative estimate of drug-likeness (QED) is 0.165. The maximum atomic E-state index is 2.46. The minimum Gasteiger partial charge on any atom is -0.311 e. The van der Waals surface area contributed by atoms with Crippen molar-refractivity contribution in [2.75, 3.05) is 4.90 Å². The van der Waals surface area contributed by atoms with Crippen molar-refractivity contribution < 1.29 is 0 Å². The van der Waals surface area contributed by atoms with Gasteiger partial charge in [0.05, 0.1) is 11.0 Å². The Bertz CT molecular complexity index is 3130. The molecule has 1 aliphatic carbocycles. The second-order valence-electron chi connectivity index (χ2n) is 15.8. The molecule has 0 amide bonds. The molecule has 0 aliphatic heterocycles. The third-order valence-corrected chi connectivity index (χ3v) is 12.2. The standard InChI is InChI=1S/C55H40N2/c1-55(2)51-21-10-8-19-47(51)49-35-50-48-20-9-11-22-53(48)57(54(50)36-52(49)55)46-18-12-15-41(34-46)38-25-29-44(30-26-38)56(43-16-4-3-5-17-43)45-31-27-39(28-32-45)42-24-23-37-13-6-7-14-40(37)33-42/h3-36H,1-2H3. The lowest BCUT2D eigenvalue weighted by Gasteiger charge is -2.26. The Morgan fingerprint density at radius 3 is 1.75 bits per heavy atom. The maximum Gasteiger partial charge on any atom is 0.0544 e. The molecule has 1 aliphatic rings. The summed E-state index contributed by atoms with van der Waals surface area (Å²) in [6.45, 7) is 4.72. The van der Waals surface area contributed by atoms with Gasteiger partial charge in [0.25, 0.3) is 0 Å². The Balaban J connectivity index is 0.963. The number of aromatic nitrogens is 1. The van der Waals surface area contributed by atoms with Crippen molar-refractivity contribution in [1.29, 1.82) is 0 Å². The van der Waals surface area contributed by atoms with Gasteiger partial charge in [-0.2, -0.15) is 0 Å². The zero-order valence-electron chi connectivity index (χ0n) is 32.0. The molecule has 9 aromatic carbocycles. The molecule has 57 heavy (non-hydrogen) atoms. The van der Waals surface area contributed by atoms with Crippen LogP contribution in [0.15, 0.2) is 206 Å². The van der Waals surface area contributed by atoms with Gasteiger partial charge in [0.15, 0.2) is 0 Å². The lowest BCUT2D eigenvalue weighted by molar-refractivity contribution is 0.661. The normalized spacial score (nSPS) is 12.9. The highest BCUT2D eigenvalue weighted by Crippen LogP contribution is 2.51. The smallest absolute Gasteiger partial charge is 0.0544 e. The van der Waals surface area contributed by atoms with Crippen molar-refractivity contribution in [2.24, 2.45) is 0 Å². The molecule has 0 atom stereocenters. The van der Waals surface area contributed by atoms with Gasteiger partial charge in [-0.25, -0.2) is 0 Å². The molecular weight excluding hydrogens is 689 g/mol. The van der Waals surface area contributed by atoms with Gasteiger partial charge in [-0.15, -0.1) is 0 Å². The summed E-state index contributed by atoms with van der Waals surface area (Å²) < 4.78 is 2.46. The van der Waals surface area contributed by atoms with Crippen LogP contribution in [-0.2, 0) is 5.41 Å². The third-order valence-electron chi connectivity index (χ3n) is 12.2. The van der Waals surface area contributed by atoms with Crippen LogP contribution in [0, 0.1) is 0 Å². The van der Waals surface area contributed by atoms with E-state index in [2.05, 4.69) is 230 Å². The first-order valence-corrected chi connectivity index (χ1v) is 19.8. The van der Waals surface area contributed by atoms with E-state index in [9.17, 15) is 0 Å². The number of rotatable bonds is 6. The predicted octanol–water partition coefficient (Wildman–Crippen LogP) is 15.0. The summed E-state index contributed by atoms with van der Waals surface area (Å²) in [4.78, 5) is 2.33. The Labute approximate surface area is 333 Å². The molecule has 10 aromatic rings. The first kappa shape index (κ1) is 33.2. The van der Waals surface area contributed by atoms with Gasteiger partial charge in [-0.1, -0.05) is 147 Å². The van der Waals surface area contributed by atoms with Crippen LogP contribution in [-0.4, -0.2) is 4.57 Å². The van der Waals surface area contributed by atoms with Crippen molar-refractivity contribution in [1.82, 2.24) is 4.57 Å². The van der Waals surface area contributed by atoms with E-state index >= 15 is 0 Å². The molecular formula is C55H40N2. The van der Waals surface area contributed by atoms with E-state index in [1.54, 1.807) is 0 Å². The van der Waals surface area contributed by atoms with Gasteiger partial charge in [0.1, 0.15) is 0 Å². The topological polar surface area (TPSA) is 8.17 Å². The first-order valence-electron chi connectivity index (χ1n) is 19.8. The van der Waals surface area contributed by atoms with Crippen LogP contribution >= 0.6 is 0 Å². The van der Waals surface area contributed by atoms with Crippen LogP contribution in [0.4, 0.5) is 17.1 Å². The lowest BCUT2D eigenvalue weighted by atomic mass is 9.82. The number of fused-ring (bicyclic) bond motifs is 7.